The molecule has 0 saturated carbocycles. The molecule has 3 aromatic heterocycles. The Bertz CT molecular complexity index is 771. The summed E-state index contributed by atoms with van der Waals surface area (Å²) in [5, 5.41) is 2.07. The van der Waals surface area contributed by atoms with Gasteiger partial charge in [0.05, 0.1) is 23.4 Å². The van der Waals surface area contributed by atoms with E-state index in [4.69, 9.17) is 10.5 Å². The average molecular weight is 287 g/mol. The molecule has 0 spiro atoms. The maximum absolute atomic E-state index is 5.64. The van der Waals surface area contributed by atoms with Crippen molar-refractivity contribution < 1.29 is 4.74 Å². The number of fused-ring (bicyclic) bond motifs is 1. The predicted molar refractivity (Wildman–Crippen MR) is 78.8 cm³/mol. The van der Waals surface area contributed by atoms with Gasteiger partial charge in [-0.2, -0.15) is 9.97 Å². The van der Waals surface area contributed by atoms with Crippen LogP contribution in [0.4, 0.5) is 5.95 Å². The van der Waals surface area contributed by atoms with Gasteiger partial charge in [-0.1, -0.05) is 0 Å². The zero-order valence-corrected chi connectivity index (χ0v) is 11.9. The summed E-state index contributed by atoms with van der Waals surface area (Å²) in [5.41, 5.74) is 8.60. The summed E-state index contributed by atoms with van der Waals surface area (Å²) in [4.78, 5) is 18.1. The Morgan fingerprint density at radius 3 is 2.85 bits per heavy atom. The number of nitrogens with zero attached hydrogens (tertiary/aromatic N) is 4. The lowest BCUT2D eigenvalue weighted by Gasteiger charge is -2.06. The minimum Gasteiger partial charge on any atom is -0.476 e. The van der Waals surface area contributed by atoms with Crippen molar-refractivity contribution in [3.63, 3.8) is 0 Å². The molecule has 3 rings (SSSR count). The van der Waals surface area contributed by atoms with Crippen molar-refractivity contribution in [2.45, 2.75) is 13.8 Å². The molecule has 0 bridgehead atoms. The van der Waals surface area contributed by atoms with Crippen LogP contribution in [-0.2, 0) is 0 Å². The number of hydrogen-bond donors (Lipinski definition) is 1. The van der Waals surface area contributed by atoms with Crippen molar-refractivity contribution in [1.82, 2.24) is 19.9 Å². The smallest absolute Gasteiger partial charge is 0.247 e. The Kier molecular flexibility index (Phi) is 3.19. The minimum atomic E-state index is 0.134. The van der Waals surface area contributed by atoms with Crippen molar-refractivity contribution in [1.29, 1.82) is 0 Å². The van der Waals surface area contributed by atoms with E-state index in [0.29, 0.717) is 23.7 Å². The zero-order chi connectivity index (χ0) is 14.1. The van der Waals surface area contributed by atoms with Crippen LogP contribution >= 0.6 is 11.3 Å². The molecule has 0 aliphatic carbocycles. The van der Waals surface area contributed by atoms with Gasteiger partial charge in [-0.15, -0.1) is 11.3 Å². The van der Waals surface area contributed by atoms with Gasteiger partial charge in [0.25, 0.3) is 0 Å². The molecule has 7 heteroatoms. The standard InChI is InChI=1S/C13H13N5OS/c1-3-19-12-10-11(17-13(14)18-12)15-5-8(16-10)9-4-7(2)6-20-9/h4-6H,3H2,1-2H3,(H2,14,15,17,18). The molecular weight excluding hydrogens is 274 g/mol. The summed E-state index contributed by atoms with van der Waals surface area (Å²) < 4.78 is 5.47. The van der Waals surface area contributed by atoms with E-state index in [1.807, 2.05) is 13.8 Å². The largest absolute Gasteiger partial charge is 0.476 e. The molecule has 0 aliphatic rings. The summed E-state index contributed by atoms with van der Waals surface area (Å²) in [6, 6.07) is 2.07. The predicted octanol–water partition coefficient (Wildman–Crippen LogP) is 2.44. The first-order chi connectivity index (χ1) is 9.67. The Morgan fingerprint density at radius 1 is 1.30 bits per heavy atom. The van der Waals surface area contributed by atoms with Crippen LogP contribution in [0.5, 0.6) is 5.88 Å². The molecule has 0 saturated heterocycles. The Labute approximate surface area is 119 Å². The van der Waals surface area contributed by atoms with Gasteiger partial charge in [-0.25, -0.2) is 9.97 Å². The molecule has 0 aliphatic heterocycles. The van der Waals surface area contributed by atoms with Crippen LogP contribution in [0, 0.1) is 6.92 Å². The molecule has 0 atom stereocenters. The number of nitrogen functional groups attached to an aromatic ring is 1. The quantitative estimate of drug-likeness (QED) is 0.796. The SMILES string of the molecule is CCOc1nc(N)nc2ncc(-c3cc(C)cs3)nc12. The normalized spacial score (nSPS) is 10.9. The van der Waals surface area contributed by atoms with E-state index < -0.39 is 0 Å². The lowest BCUT2D eigenvalue weighted by molar-refractivity contribution is 0.330. The number of hydrogen-bond acceptors (Lipinski definition) is 7. The molecule has 0 amide bonds. The maximum atomic E-state index is 5.64. The minimum absolute atomic E-state index is 0.134. The van der Waals surface area contributed by atoms with E-state index in [0.717, 1.165) is 10.6 Å². The molecule has 3 aromatic rings. The molecule has 2 N–H and O–H groups in total. The Balaban J connectivity index is 2.18. The van der Waals surface area contributed by atoms with Crippen molar-refractivity contribution >= 4 is 28.4 Å². The van der Waals surface area contributed by atoms with Gasteiger partial charge in [-0.05, 0) is 30.9 Å². The molecule has 0 radical (unpaired) electrons. The van der Waals surface area contributed by atoms with Crippen molar-refractivity contribution in [2.24, 2.45) is 0 Å². The molecule has 0 aromatic carbocycles. The Hall–Kier alpha value is -2.28. The first kappa shape index (κ1) is 12.7. The van der Waals surface area contributed by atoms with Gasteiger partial charge in [0, 0.05) is 0 Å². The van der Waals surface area contributed by atoms with Crippen LogP contribution in [0.3, 0.4) is 0 Å². The summed E-state index contributed by atoms with van der Waals surface area (Å²) in [7, 11) is 0. The highest BCUT2D eigenvalue weighted by Gasteiger charge is 2.12. The van der Waals surface area contributed by atoms with Crippen LogP contribution in [-0.4, -0.2) is 26.5 Å². The zero-order valence-electron chi connectivity index (χ0n) is 11.1. The van der Waals surface area contributed by atoms with Gasteiger partial charge in [0.15, 0.2) is 11.2 Å². The van der Waals surface area contributed by atoms with E-state index in [1.165, 1.54) is 5.56 Å². The van der Waals surface area contributed by atoms with Crippen LogP contribution in [0.1, 0.15) is 12.5 Å². The molecule has 0 unspecified atom stereocenters. The highest BCUT2D eigenvalue weighted by molar-refractivity contribution is 7.13. The number of thiophene rings is 1. The topological polar surface area (TPSA) is 86.8 Å². The Morgan fingerprint density at radius 2 is 2.15 bits per heavy atom. The lowest BCUT2D eigenvalue weighted by Crippen LogP contribution is -2.03. The van der Waals surface area contributed by atoms with Crippen LogP contribution in [0.15, 0.2) is 17.6 Å². The van der Waals surface area contributed by atoms with E-state index in [-0.39, 0.29) is 5.95 Å². The summed E-state index contributed by atoms with van der Waals surface area (Å²) >= 11 is 1.62. The van der Waals surface area contributed by atoms with Gasteiger partial charge in [0.1, 0.15) is 0 Å². The molecular formula is C13H13N5OS. The summed E-state index contributed by atoms with van der Waals surface area (Å²) in [6.45, 7) is 4.41. The average Bonchev–Trinajstić information content (AvgIpc) is 2.85. The van der Waals surface area contributed by atoms with Gasteiger partial charge < -0.3 is 10.5 Å². The summed E-state index contributed by atoms with van der Waals surface area (Å²) in [5.74, 6) is 0.507. The third-order valence-corrected chi connectivity index (χ3v) is 3.73. The van der Waals surface area contributed by atoms with Gasteiger partial charge in [0.2, 0.25) is 11.8 Å². The second kappa shape index (κ2) is 5.01. The fourth-order valence-corrected chi connectivity index (χ4v) is 2.67. The number of aryl methyl sites for hydroxylation is 1. The molecule has 102 valence electrons. The lowest BCUT2D eigenvalue weighted by atomic mass is 10.3. The van der Waals surface area contributed by atoms with Gasteiger partial charge >= 0.3 is 0 Å². The number of ether oxygens (including phenoxy) is 1. The molecule has 0 fully saturated rings. The highest BCUT2D eigenvalue weighted by atomic mass is 32.1. The second-order valence-electron chi connectivity index (χ2n) is 4.24. The monoisotopic (exact) mass is 287 g/mol. The van der Waals surface area contributed by atoms with Crippen LogP contribution in [0.2, 0.25) is 0 Å². The number of rotatable bonds is 3. The van der Waals surface area contributed by atoms with Gasteiger partial charge in [-0.3, -0.25) is 0 Å². The first-order valence-corrected chi connectivity index (χ1v) is 7.04. The number of anilines is 1. The maximum Gasteiger partial charge on any atom is 0.247 e. The molecule has 6 nitrogen and oxygen atoms in total. The summed E-state index contributed by atoms with van der Waals surface area (Å²) in [6.07, 6.45) is 1.69. The third kappa shape index (κ3) is 2.27. The van der Waals surface area contributed by atoms with Crippen LogP contribution < -0.4 is 10.5 Å². The van der Waals surface area contributed by atoms with E-state index in [9.17, 15) is 0 Å². The van der Waals surface area contributed by atoms with Crippen LogP contribution in [0.25, 0.3) is 21.7 Å². The first-order valence-electron chi connectivity index (χ1n) is 6.16. The fraction of sp³-hybridized carbons (Fsp3) is 0.231. The van der Waals surface area contributed by atoms with E-state index >= 15 is 0 Å². The highest BCUT2D eigenvalue weighted by Crippen LogP contribution is 2.28. The van der Waals surface area contributed by atoms with Crippen molar-refractivity contribution in [3.8, 4) is 16.5 Å². The fourth-order valence-electron chi connectivity index (χ4n) is 1.82. The third-order valence-electron chi connectivity index (χ3n) is 2.66. The molecule has 3 heterocycles. The van der Waals surface area contributed by atoms with Crippen molar-refractivity contribution in [2.75, 3.05) is 12.3 Å². The van der Waals surface area contributed by atoms with E-state index in [1.54, 1.807) is 17.5 Å². The second-order valence-corrected chi connectivity index (χ2v) is 5.15. The number of nitrogens with two attached hydrogens (primary N) is 1. The number of aromatic nitrogens is 4. The molecule has 20 heavy (non-hydrogen) atoms. The van der Waals surface area contributed by atoms with Crippen molar-refractivity contribution in [3.05, 3.63) is 23.2 Å². The van der Waals surface area contributed by atoms with E-state index in [2.05, 4.69) is 31.4 Å².